The summed E-state index contributed by atoms with van der Waals surface area (Å²) >= 11 is 0. The number of rotatable bonds is 6. The SMILES string of the molecule is Cc1ccc(CCC(=O)NCC(=O)N2CCC(C(=O)O)CC2)cc1. The highest BCUT2D eigenvalue weighted by Gasteiger charge is 2.26. The van der Waals surface area contributed by atoms with Crippen LogP contribution in [-0.4, -0.2) is 47.4 Å². The minimum absolute atomic E-state index is 0.0233. The molecule has 1 fully saturated rings. The number of aryl methyl sites for hydroxylation is 2. The lowest BCUT2D eigenvalue weighted by atomic mass is 9.97. The van der Waals surface area contributed by atoms with Gasteiger partial charge in [-0.25, -0.2) is 0 Å². The molecule has 0 atom stereocenters. The first kappa shape index (κ1) is 18.0. The highest BCUT2D eigenvalue weighted by Crippen LogP contribution is 2.17. The van der Waals surface area contributed by atoms with E-state index in [0.717, 1.165) is 5.56 Å². The molecule has 1 aromatic carbocycles. The van der Waals surface area contributed by atoms with Crippen molar-refractivity contribution >= 4 is 17.8 Å². The van der Waals surface area contributed by atoms with Crippen LogP contribution >= 0.6 is 0 Å². The molecule has 0 spiro atoms. The molecule has 2 rings (SSSR count). The Morgan fingerprint density at radius 1 is 1.17 bits per heavy atom. The lowest BCUT2D eigenvalue weighted by Gasteiger charge is -2.30. The highest BCUT2D eigenvalue weighted by molar-refractivity contribution is 5.85. The van der Waals surface area contributed by atoms with E-state index in [9.17, 15) is 14.4 Å². The highest BCUT2D eigenvalue weighted by atomic mass is 16.4. The molecule has 0 bridgehead atoms. The monoisotopic (exact) mass is 332 g/mol. The molecule has 24 heavy (non-hydrogen) atoms. The van der Waals surface area contributed by atoms with Crippen LogP contribution < -0.4 is 5.32 Å². The largest absolute Gasteiger partial charge is 0.481 e. The molecule has 130 valence electrons. The summed E-state index contributed by atoms with van der Waals surface area (Å²) in [5.74, 6) is -1.46. The van der Waals surface area contributed by atoms with Gasteiger partial charge in [0.2, 0.25) is 11.8 Å². The zero-order valence-corrected chi connectivity index (χ0v) is 14.0. The van der Waals surface area contributed by atoms with Crippen molar-refractivity contribution in [2.75, 3.05) is 19.6 Å². The molecule has 6 heteroatoms. The number of nitrogens with one attached hydrogen (secondary N) is 1. The first-order valence-corrected chi connectivity index (χ1v) is 8.28. The van der Waals surface area contributed by atoms with E-state index < -0.39 is 5.97 Å². The van der Waals surface area contributed by atoms with E-state index in [1.165, 1.54) is 5.56 Å². The molecule has 0 aromatic heterocycles. The summed E-state index contributed by atoms with van der Waals surface area (Å²) in [5, 5.41) is 11.6. The van der Waals surface area contributed by atoms with Crippen LogP contribution in [0.25, 0.3) is 0 Å². The number of carbonyl (C=O) groups excluding carboxylic acids is 2. The van der Waals surface area contributed by atoms with E-state index in [4.69, 9.17) is 5.11 Å². The second kappa shape index (κ2) is 8.47. The first-order chi connectivity index (χ1) is 11.5. The van der Waals surface area contributed by atoms with Crippen molar-refractivity contribution in [1.29, 1.82) is 0 Å². The topological polar surface area (TPSA) is 86.7 Å². The number of nitrogens with zero attached hydrogens (tertiary/aromatic N) is 1. The van der Waals surface area contributed by atoms with Gasteiger partial charge in [0.05, 0.1) is 12.5 Å². The standard InChI is InChI=1S/C18H24N2O4/c1-13-2-4-14(5-3-13)6-7-16(21)19-12-17(22)20-10-8-15(9-11-20)18(23)24/h2-5,15H,6-12H2,1H3,(H,19,21)(H,23,24). The Balaban J connectivity index is 1.67. The lowest BCUT2D eigenvalue weighted by molar-refractivity contribution is -0.145. The summed E-state index contributed by atoms with van der Waals surface area (Å²) in [4.78, 5) is 36.4. The zero-order valence-electron chi connectivity index (χ0n) is 14.0. The van der Waals surface area contributed by atoms with Gasteiger partial charge in [0.1, 0.15) is 0 Å². The number of carboxylic acid groups (broad SMARTS) is 1. The predicted octanol–water partition coefficient (Wildman–Crippen LogP) is 1.37. The quantitative estimate of drug-likeness (QED) is 0.824. The molecule has 2 amide bonds. The maximum atomic E-state index is 12.1. The number of carboxylic acids is 1. The number of aliphatic carboxylic acids is 1. The van der Waals surface area contributed by atoms with Crippen LogP contribution in [0.1, 0.15) is 30.4 Å². The van der Waals surface area contributed by atoms with Crippen LogP contribution in [0.4, 0.5) is 0 Å². The Bertz CT molecular complexity index is 590. The van der Waals surface area contributed by atoms with Gasteiger partial charge in [-0.3, -0.25) is 14.4 Å². The molecule has 6 nitrogen and oxygen atoms in total. The van der Waals surface area contributed by atoms with Crippen LogP contribution in [0.3, 0.4) is 0 Å². The van der Waals surface area contributed by atoms with Crippen molar-refractivity contribution in [3.8, 4) is 0 Å². The van der Waals surface area contributed by atoms with Gasteiger partial charge in [-0.1, -0.05) is 29.8 Å². The minimum Gasteiger partial charge on any atom is -0.481 e. The molecule has 1 aliphatic rings. The fraction of sp³-hybridized carbons (Fsp3) is 0.500. The van der Waals surface area contributed by atoms with E-state index in [0.29, 0.717) is 38.8 Å². The van der Waals surface area contributed by atoms with Crippen LogP contribution in [0, 0.1) is 12.8 Å². The summed E-state index contributed by atoms with van der Waals surface area (Å²) in [6, 6.07) is 8.02. The molecule has 0 saturated carbocycles. The maximum Gasteiger partial charge on any atom is 0.306 e. The van der Waals surface area contributed by atoms with E-state index in [1.54, 1.807) is 4.90 Å². The number of piperidine rings is 1. The van der Waals surface area contributed by atoms with Gasteiger partial charge in [0.15, 0.2) is 0 Å². The molecule has 1 heterocycles. The van der Waals surface area contributed by atoms with Gasteiger partial charge in [0.25, 0.3) is 0 Å². The Hall–Kier alpha value is -2.37. The van der Waals surface area contributed by atoms with Crippen molar-refractivity contribution < 1.29 is 19.5 Å². The first-order valence-electron chi connectivity index (χ1n) is 8.28. The Morgan fingerprint density at radius 2 is 1.79 bits per heavy atom. The second-order valence-corrected chi connectivity index (χ2v) is 6.26. The molecule has 1 aromatic rings. The number of carbonyl (C=O) groups is 3. The van der Waals surface area contributed by atoms with Crippen molar-refractivity contribution in [3.05, 3.63) is 35.4 Å². The summed E-state index contributed by atoms with van der Waals surface area (Å²) in [7, 11) is 0. The Kier molecular flexibility index (Phi) is 6.35. The normalized spacial score (nSPS) is 15.1. The smallest absolute Gasteiger partial charge is 0.306 e. The van der Waals surface area contributed by atoms with E-state index >= 15 is 0 Å². The van der Waals surface area contributed by atoms with Gasteiger partial charge < -0.3 is 15.3 Å². The van der Waals surface area contributed by atoms with Crippen molar-refractivity contribution in [1.82, 2.24) is 10.2 Å². The molecular formula is C18H24N2O4. The molecular weight excluding hydrogens is 308 g/mol. The van der Waals surface area contributed by atoms with E-state index in [-0.39, 0.29) is 24.3 Å². The maximum absolute atomic E-state index is 12.1. The van der Waals surface area contributed by atoms with Crippen molar-refractivity contribution in [3.63, 3.8) is 0 Å². The van der Waals surface area contributed by atoms with E-state index in [2.05, 4.69) is 5.32 Å². The molecule has 2 N–H and O–H groups in total. The average Bonchev–Trinajstić information content (AvgIpc) is 2.59. The van der Waals surface area contributed by atoms with Crippen LogP contribution in [0.5, 0.6) is 0 Å². The van der Waals surface area contributed by atoms with Gasteiger partial charge >= 0.3 is 5.97 Å². The lowest BCUT2D eigenvalue weighted by Crippen LogP contribution is -2.45. The van der Waals surface area contributed by atoms with Crippen molar-refractivity contribution in [2.45, 2.75) is 32.6 Å². The minimum atomic E-state index is -0.800. The summed E-state index contributed by atoms with van der Waals surface area (Å²) in [5.41, 5.74) is 2.28. The van der Waals surface area contributed by atoms with Gasteiger partial charge in [0, 0.05) is 19.5 Å². The van der Waals surface area contributed by atoms with Gasteiger partial charge in [-0.2, -0.15) is 0 Å². The summed E-state index contributed by atoms with van der Waals surface area (Å²) in [6.45, 7) is 2.87. The Labute approximate surface area is 141 Å². The van der Waals surface area contributed by atoms with Gasteiger partial charge in [-0.15, -0.1) is 0 Å². The molecule has 0 aliphatic carbocycles. The molecule has 1 aliphatic heterocycles. The summed E-state index contributed by atoms with van der Waals surface area (Å²) < 4.78 is 0. The molecule has 0 radical (unpaired) electrons. The van der Waals surface area contributed by atoms with E-state index in [1.807, 2.05) is 31.2 Å². The number of amides is 2. The average molecular weight is 332 g/mol. The predicted molar refractivity (Wildman–Crippen MR) is 89.4 cm³/mol. The van der Waals surface area contributed by atoms with Gasteiger partial charge in [-0.05, 0) is 31.7 Å². The third-order valence-electron chi connectivity index (χ3n) is 4.40. The molecule has 1 saturated heterocycles. The number of benzene rings is 1. The van der Waals surface area contributed by atoms with Crippen LogP contribution in [-0.2, 0) is 20.8 Å². The zero-order chi connectivity index (χ0) is 17.5. The Morgan fingerprint density at radius 3 is 2.38 bits per heavy atom. The number of hydrogen-bond donors (Lipinski definition) is 2. The van der Waals surface area contributed by atoms with Crippen molar-refractivity contribution in [2.24, 2.45) is 5.92 Å². The number of hydrogen-bond acceptors (Lipinski definition) is 3. The second-order valence-electron chi connectivity index (χ2n) is 6.26. The van der Waals surface area contributed by atoms with Crippen LogP contribution in [0.2, 0.25) is 0 Å². The fourth-order valence-corrected chi connectivity index (χ4v) is 2.76. The third-order valence-corrected chi connectivity index (χ3v) is 4.40. The fourth-order valence-electron chi connectivity index (χ4n) is 2.76. The third kappa shape index (κ3) is 5.37. The number of likely N-dealkylation sites (tertiary alicyclic amines) is 1. The van der Waals surface area contributed by atoms with Crippen LogP contribution in [0.15, 0.2) is 24.3 Å². The molecule has 0 unspecified atom stereocenters. The summed E-state index contributed by atoms with van der Waals surface area (Å²) in [6.07, 6.45) is 1.94.